The smallest absolute Gasteiger partial charge is 0.321 e. The van der Waals surface area contributed by atoms with E-state index in [-0.39, 0.29) is 30.3 Å². The molecule has 0 bridgehead atoms. The van der Waals surface area contributed by atoms with Crippen molar-refractivity contribution in [3.63, 3.8) is 0 Å². The van der Waals surface area contributed by atoms with Crippen LogP contribution in [0.15, 0.2) is 48.5 Å². The van der Waals surface area contributed by atoms with Crippen molar-refractivity contribution in [1.82, 2.24) is 15.5 Å². The molecule has 9 heteroatoms. The number of likely N-dealkylation sites (tertiary alicyclic amines) is 1. The Kier molecular flexibility index (Phi) is 8.05. The monoisotopic (exact) mass is 460 g/mol. The Hall–Kier alpha value is -3.13. The van der Waals surface area contributed by atoms with Gasteiger partial charge in [0, 0.05) is 43.2 Å². The van der Waals surface area contributed by atoms with E-state index in [4.69, 9.17) is 11.6 Å². The number of nitrogens with zero attached hydrogens (tertiary/aromatic N) is 1. The number of rotatable bonds is 6. The number of carbonyl (C=O) groups is 3. The molecule has 3 rings (SSSR count). The predicted octanol–water partition coefficient (Wildman–Crippen LogP) is 3.34. The van der Waals surface area contributed by atoms with Crippen molar-refractivity contribution < 1.29 is 18.8 Å². The van der Waals surface area contributed by atoms with Crippen molar-refractivity contribution in [2.75, 3.05) is 18.4 Å². The second-order valence-electron chi connectivity index (χ2n) is 7.76. The Morgan fingerprint density at radius 2 is 1.75 bits per heavy atom. The second kappa shape index (κ2) is 10.9. The highest BCUT2D eigenvalue weighted by molar-refractivity contribution is 6.30. The topological polar surface area (TPSA) is 90.5 Å². The van der Waals surface area contributed by atoms with Gasteiger partial charge in [0.1, 0.15) is 11.9 Å². The summed E-state index contributed by atoms with van der Waals surface area (Å²) in [5, 5.41) is 8.95. The minimum absolute atomic E-state index is 0.0560. The first-order chi connectivity index (χ1) is 15.3. The fourth-order valence-corrected chi connectivity index (χ4v) is 3.73. The number of hydrogen-bond acceptors (Lipinski definition) is 3. The molecule has 3 N–H and O–H groups in total. The first-order valence-electron chi connectivity index (χ1n) is 10.4. The van der Waals surface area contributed by atoms with E-state index < -0.39 is 11.9 Å². The highest BCUT2D eigenvalue weighted by Crippen LogP contribution is 2.16. The molecule has 4 amide bonds. The average Bonchev–Trinajstić information content (AvgIpc) is 2.76. The second-order valence-corrected chi connectivity index (χ2v) is 8.19. The summed E-state index contributed by atoms with van der Waals surface area (Å²) in [4.78, 5) is 38.5. The molecular formula is C23H26ClFN4O3. The molecule has 1 aliphatic heterocycles. The maximum atomic E-state index is 14.0. The van der Waals surface area contributed by atoms with Gasteiger partial charge in [-0.25, -0.2) is 9.18 Å². The van der Waals surface area contributed by atoms with Crippen molar-refractivity contribution >= 4 is 35.1 Å². The van der Waals surface area contributed by atoms with Crippen LogP contribution in [0.3, 0.4) is 0 Å². The summed E-state index contributed by atoms with van der Waals surface area (Å²) in [5.41, 5.74) is 1.01. The lowest BCUT2D eigenvalue weighted by atomic mass is 10.0. The van der Waals surface area contributed by atoms with Gasteiger partial charge >= 0.3 is 6.03 Å². The van der Waals surface area contributed by atoms with Gasteiger partial charge < -0.3 is 20.9 Å². The summed E-state index contributed by atoms with van der Waals surface area (Å²) in [6.45, 7) is 2.27. The third-order valence-electron chi connectivity index (χ3n) is 5.30. The molecule has 0 radical (unpaired) electrons. The van der Waals surface area contributed by atoms with Crippen LogP contribution in [0, 0.1) is 5.82 Å². The number of piperidine rings is 1. The molecule has 0 spiro atoms. The molecule has 1 saturated heterocycles. The third kappa shape index (κ3) is 6.68. The van der Waals surface area contributed by atoms with Gasteiger partial charge in [-0.3, -0.25) is 9.59 Å². The molecule has 1 unspecified atom stereocenters. The highest BCUT2D eigenvalue weighted by atomic mass is 35.5. The number of urea groups is 1. The lowest BCUT2D eigenvalue weighted by Gasteiger charge is -2.33. The predicted molar refractivity (Wildman–Crippen MR) is 121 cm³/mol. The Labute approximate surface area is 191 Å². The van der Waals surface area contributed by atoms with E-state index in [1.165, 1.54) is 13.0 Å². The van der Waals surface area contributed by atoms with Crippen LogP contribution in [0.1, 0.15) is 25.3 Å². The lowest BCUT2D eigenvalue weighted by Crippen LogP contribution is -2.53. The van der Waals surface area contributed by atoms with Crippen LogP contribution >= 0.6 is 11.6 Å². The van der Waals surface area contributed by atoms with Gasteiger partial charge in [-0.2, -0.15) is 0 Å². The number of halogens is 2. The van der Waals surface area contributed by atoms with Gasteiger partial charge in [0.05, 0.1) is 0 Å². The zero-order valence-electron chi connectivity index (χ0n) is 17.7. The van der Waals surface area contributed by atoms with E-state index in [2.05, 4.69) is 16.0 Å². The Bertz CT molecular complexity index is 962. The van der Waals surface area contributed by atoms with Gasteiger partial charge in [0.25, 0.3) is 0 Å². The third-order valence-corrected chi connectivity index (χ3v) is 5.55. The van der Waals surface area contributed by atoms with E-state index in [0.717, 1.165) is 0 Å². The minimum Gasteiger partial charge on any atom is -0.351 e. The van der Waals surface area contributed by atoms with E-state index in [1.807, 2.05) is 0 Å². The SMILES string of the molecule is CC(=O)NC(Cc1ccccc1F)C(=O)NC1CCN(C(=O)Nc2ccc(Cl)cc2)CC1. The van der Waals surface area contributed by atoms with Crippen LogP contribution in [0.25, 0.3) is 0 Å². The first kappa shape index (κ1) is 23.5. The summed E-state index contributed by atoms with van der Waals surface area (Å²) in [5.74, 6) is -1.15. The maximum Gasteiger partial charge on any atom is 0.321 e. The minimum atomic E-state index is -0.879. The molecule has 32 heavy (non-hydrogen) atoms. The van der Waals surface area contributed by atoms with E-state index in [1.54, 1.807) is 47.4 Å². The number of anilines is 1. The van der Waals surface area contributed by atoms with Gasteiger partial charge in [-0.05, 0) is 48.7 Å². The van der Waals surface area contributed by atoms with Crippen molar-refractivity contribution in [2.45, 2.75) is 38.3 Å². The number of benzene rings is 2. The number of nitrogens with one attached hydrogen (secondary N) is 3. The average molecular weight is 461 g/mol. The molecule has 1 aliphatic rings. The summed E-state index contributed by atoms with van der Waals surface area (Å²) < 4.78 is 14.0. The van der Waals surface area contributed by atoms with Crippen LogP contribution in [-0.2, 0) is 16.0 Å². The zero-order chi connectivity index (χ0) is 23.1. The molecule has 170 valence electrons. The van der Waals surface area contributed by atoms with Crippen LogP contribution in [-0.4, -0.2) is 47.9 Å². The highest BCUT2D eigenvalue weighted by Gasteiger charge is 2.27. The first-order valence-corrected chi connectivity index (χ1v) is 10.8. The molecule has 0 aromatic heterocycles. The molecule has 2 aromatic carbocycles. The Balaban J connectivity index is 1.52. The molecule has 1 atom stereocenters. The number of amides is 4. The van der Waals surface area contributed by atoms with Crippen LogP contribution in [0.2, 0.25) is 5.02 Å². The van der Waals surface area contributed by atoms with Crippen LogP contribution in [0.5, 0.6) is 0 Å². The van der Waals surface area contributed by atoms with E-state index in [0.29, 0.717) is 42.2 Å². The molecule has 0 saturated carbocycles. The van der Waals surface area contributed by atoms with Crippen molar-refractivity contribution in [1.29, 1.82) is 0 Å². The fraction of sp³-hybridized carbons (Fsp3) is 0.348. The Morgan fingerprint density at radius 1 is 1.09 bits per heavy atom. The van der Waals surface area contributed by atoms with Gasteiger partial charge in [-0.1, -0.05) is 29.8 Å². The summed E-state index contributed by atoms with van der Waals surface area (Å²) in [7, 11) is 0. The molecular weight excluding hydrogens is 435 g/mol. The summed E-state index contributed by atoms with van der Waals surface area (Å²) >= 11 is 5.86. The molecule has 2 aromatic rings. The van der Waals surface area contributed by atoms with Gasteiger partial charge in [-0.15, -0.1) is 0 Å². The fourth-order valence-electron chi connectivity index (χ4n) is 3.60. The largest absolute Gasteiger partial charge is 0.351 e. The van der Waals surface area contributed by atoms with Crippen LogP contribution in [0.4, 0.5) is 14.9 Å². The number of carbonyl (C=O) groups excluding carboxylic acids is 3. The molecule has 0 aliphatic carbocycles. The summed E-state index contributed by atoms with van der Waals surface area (Å²) in [6.07, 6.45) is 1.21. The Morgan fingerprint density at radius 3 is 2.38 bits per heavy atom. The maximum absolute atomic E-state index is 14.0. The van der Waals surface area contributed by atoms with E-state index in [9.17, 15) is 18.8 Å². The van der Waals surface area contributed by atoms with Crippen molar-refractivity contribution in [3.8, 4) is 0 Å². The lowest BCUT2D eigenvalue weighted by molar-refractivity contribution is -0.128. The molecule has 1 fully saturated rings. The summed E-state index contributed by atoms with van der Waals surface area (Å²) in [6, 6.07) is 11.8. The molecule has 7 nitrogen and oxygen atoms in total. The van der Waals surface area contributed by atoms with Crippen LogP contribution < -0.4 is 16.0 Å². The van der Waals surface area contributed by atoms with Gasteiger partial charge in [0.15, 0.2) is 0 Å². The normalized spacial score (nSPS) is 15.0. The van der Waals surface area contributed by atoms with E-state index >= 15 is 0 Å². The number of hydrogen-bond donors (Lipinski definition) is 3. The quantitative estimate of drug-likeness (QED) is 0.617. The van der Waals surface area contributed by atoms with Gasteiger partial charge in [0.2, 0.25) is 11.8 Å². The molecule has 1 heterocycles. The standard InChI is InChI=1S/C23H26ClFN4O3/c1-15(30)26-21(14-16-4-2-3-5-20(16)25)22(31)27-19-10-12-29(13-11-19)23(32)28-18-8-6-17(24)7-9-18/h2-9,19,21H,10-14H2,1H3,(H,26,30)(H,27,31)(H,28,32). The van der Waals surface area contributed by atoms with Crippen molar-refractivity contribution in [3.05, 3.63) is 64.9 Å². The van der Waals surface area contributed by atoms with Crippen molar-refractivity contribution in [2.24, 2.45) is 0 Å². The zero-order valence-corrected chi connectivity index (χ0v) is 18.5.